The van der Waals surface area contributed by atoms with Gasteiger partial charge in [0.1, 0.15) is 30.4 Å². The Balaban J connectivity index is 1.60. The number of carbonyl (C=O) groups is 2. The van der Waals surface area contributed by atoms with Gasteiger partial charge in [0.15, 0.2) is 0 Å². The van der Waals surface area contributed by atoms with E-state index in [0.717, 1.165) is 28.0 Å². The predicted octanol–water partition coefficient (Wildman–Crippen LogP) is 9.01. The Labute approximate surface area is 345 Å². The first-order chi connectivity index (χ1) is 26.4. The summed E-state index contributed by atoms with van der Waals surface area (Å²) in [5.41, 5.74) is 1.61. The molecule has 4 rings (SSSR count). The van der Waals surface area contributed by atoms with E-state index in [2.05, 4.69) is 75.0 Å². The molecule has 2 aromatic rings. The smallest absolute Gasteiger partial charge is 0.494 e. The summed E-state index contributed by atoms with van der Waals surface area (Å²) in [7, 11) is -4.30. The van der Waals surface area contributed by atoms with Crippen LogP contribution in [0, 0.1) is 11.2 Å². The number of carbonyl (C=O) groups excluding carboxylic acids is 2. The van der Waals surface area contributed by atoms with Gasteiger partial charge < -0.3 is 32.8 Å². The third-order valence-corrected chi connectivity index (χ3v) is 18.7. The van der Waals surface area contributed by atoms with Gasteiger partial charge in [-0.3, -0.25) is 9.69 Å². The maximum absolute atomic E-state index is 16.0. The van der Waals surface area contributed by atoms with Crippen LogP contribution in [0.1, 0.15) is 88.1 Å². The second-order valence-electron chi connectivity index (χ2n) is 20.1. The minimum atomic E-state index is -2.31. The summed E-state index contributed by atoms with van der Waals surface area (Å²) in [6.07, 6.45) is -0.162. The Hall–Kier alpha value is -2.49. The summed E-state index contributed by atoms with van der Waals surface area (Å²) in [5.74, 6) is 0.241. The first-order valence-corrected chi connectivity index (χ1v) is 26.9. The van der Waals surface area contributed by atoms with Gasteiger partial charge in [0, 0.05) is 39.9 Å². The summed E-state index contributed by atoms with van der Waals surface area (Å²) in [6.45, 7) is 32.4. The van der Waals surface area contributed by atoms with E-state index in [4.69, 9.17) is 27.9 Å². The van der Waals surface area contributed by atoms with Gasteiger partial charge in [-0.25, -0.2) is 9.18 Å². The molecule has 0 spiro atoms. The lowest BCUT2D eigenvalue weighted by Gasteiger charge is -2.42. The van der Waals surface area contributed by atoms with Crippen molar-refractivity contribution in [3.8, 4) is 5.75 Å². The molecule has 2 heterocycles. The number of benzene rings is 2. The molecule has 2 fully saturated rings. The number of amides is 2. The van der Waals surface area contributed by atoms with Crippen molar-refractivity contribution in [2.75, 3.05) is 52.8 Å². The normalized spacial score (nSPS) is 18.6. The zero-order valence-electron chi connectivity index (χ0n) is 37.5. The lowest BCUT2D eigenvalue weighted by atomic mass is 9.72. The van der Waals surface area contributed by atoms with Crippen molar-refractivity contribution in [1.29, 1.82) is 0 Å². The molecule has 0 aromatic heterocycles. The van der Waals surface area contributed by atoms with Crippen molar-refractivity contribution in [1.82, 2.24) is 9.80 Å². The van der Waals surface area contributed by atoms with Gasteiger partial charge in [0.2, 0.25) is 5.91 Å². The molecule has 14 heteroatoms. The summed E-state index contributed by atoms with van der Waals surface area (Å²) >= 11 is 0. The van der Waals surface area contributed by atoms with Crippen molar-refractivity contribution in [2.24, 2.45) is 5.41 Å². The zero-order valence-corrected chi connectivity index (χ0v) is 39.5. The van der Waals surface area contributed by atoms with E-state index < -0.39 is 41.3 Å². The molecule has 0 unspecified atom stereocenters. The number of nitrogens with zero attached hydrogens (tertiary/aromatic N) is 2. The van der Waals surface area contributed by atoms with Crippen LogP contribution in [0.3, 0.4) is 0 Å². The number of hydrogen-bond acceptors (Lipinski definition) is 8. The Morgan fingerprint density at radius 3 is 2.19 bits per heavy atom. The van der Waals surface area contributed by atoms with Gasteiger partial charge in [0.05, 0.1) is 19.2 Å². The van der Waals surface area contributed by atoms with E-state index in [1.807, 2.05) is 18.2 Å². The molecule has 2 amide bonds. The molecular weight excluding hydrogens is 758 g/mol. The van der Waals surface area contributed by atoms with E-state index in [-0.39, 0.29) is 50.1 Å². The number of aryl methyl sites for hydroxylation is 1. The Bertz CT molecular complexity index is 1650. The van der Waals surface area contributed by atoms with E-state index in [0.29, 0.717) is 54.8 Å². The van der Waals surface area contributed by atoms with Crippen molar-refractivity contribution in [2.45, 2.75) is 143 Å². The molecule has 0 saturated carbocycles. The molecule has 1 atom stereocenters. The van der Waals surface area contributed by atoms with Gasteiger partial charge in [-0.1, -0.05) is 81.1 Å². The van der Waals surface area contributed by atoms with E-state index >= 15 is 4.39 Å². The first kappa shape index (κ1) is 47.2. The molecule has 2 aliphatic heterocycles. The van der Waals surface area contributed by atoms with Crippen molar-refractivity contribution >= 4 is 51.7 Å². The predicted molar refractivity (Wildman–Crippen MR) is 233 cm³/mol. The number of ether oxygens (including phenoxy) is 3. The molecule has 10 nitrogen and oxygen atoms in total. The highest BCUT2D eigenvalue weighted by molar-refractivity contribution is 6.78. The van der Waals surface area contributed by atoms with Crippen LogP contribution in [-0.4, -0.2) is 110 Å². The van der Waals surface area contributed by atoms with Crippen LogP contribution in [0.2, 0.25) is 42.3 Å². The molecule has 0 N–H and O–H groups in total. The lowest BCUT2D eigenvalue weighted by molar-refractivity contribution is -0.137. The van der Waals surface area contributed by atoms with Gasteiger partial charge in [-0.05, 0) is 96.3 Å². The largest absolute Gasteiger partial charge is 0.543 e. The maximum Gasteiger partial charge on any atom is 0.494 e. The fraction of sp³-hybridized carbons (Fsp3) is 0.721. The highest BCUT2D eigenvalue weighted by atomic mass is 28.4. The summed E-state index contributed by atoms with van der Waals surface area (Å²) in [5, 5.41) is 1.65. The molecule has 2 aromatic carbocycles. The van der Waals surface area contributed by atoms with Gasteiger partial charge in [-0.15, -0.1) is 0 Å². The second-order valence-corrected chi connectivity index (χ2v) is 31.1. The Morgan fingerprint density at radius 2 is 1.61 bits per heavy atom. The maximum atomic E-state index is 16.0. The summed E-state index contributed by atoms with van der Waals surface area (Å²) in [6, 6.07) is 8.41. The third-order valence-electron chi connectivity index (χ3n) is 11.0. The highest BCUT2D eigenvalue weighted by Gasteiger charge is 2.47. The molecule has 2 saturated heterocycles. The fourth-order valence-electron chi connectivity index (χ4n) is 8.17. The van der Waals surface area contributed by atoms with Crippen LogP contribution in [-0.2, 0) is 34.7 Å². The average molecular weight is 831 g/mol. The van der Waals surface area contributed by atoms with E-state index in [1.54, 1.807) is 25.7 Å². The molecule has 0 bridgehead atoms. The van der Waals surface area contributed by atoms with Crippen molar-refractivity contribution in [3.05, 3.63) is 35.6 Å². The Morgan fingerprint density at radius 1 is 0.982 bits per heavy atom. The van der Waals surface area contributed by atoms with Crippen LogP contribution in [0.4, 0.5) is 9.18 Å². The SMILES string of the molecule is CC(C)[Si](Oc1cc(B2OCC(C)(C)CO2)c2c(CCCO[C@@H]3CN(COCC[Si](C)(C)C)C(=O)CN(C(=O)OC(C)(C)C)C3)c(F)ccc2c1)(C(C)C)C(C)C. The van der Waals surface area contributed by atoms with Crippen LogP contribution in [0.15, 0.2) is 24.3 Å². The van der Waals surface area contributed by atoms with Crippen molar-refractivity contribution in [3.63, 3.8) is 0 Å². The van der Waals surface area contributed by atoms with Crippen LogP contribution < -0.4 is 9.89 Å². The quantitative estimate of drug-likeness (QED) is 0.122. The van der Waals surface area contributed by atoms with Gasteiger partial charge in [0.25, 0.3) is 8.32 Å². The number of hydrogen-bond donors (Lipinski definition) is 0. The molecule has 0 radical (unpaired) electrons. The summed E-state index contributed by atoms with van der Waals surface area (Å²) in [4.78, 5) is 29.6. The first-order valence-electron chi connectivity index (χ1n) is 21.0. The highest BCUT2D eigenvalue weighted by Crippen LogP contribution is 2.43. The fourth-order valence-corrected chi connectivity index (χ4v) is 14.2. The minimum absolute atomic E-state index is 0.124. The molecule has 320 valence electrons. The monoisotopic (exact) mass is 830 g/mol. The van der Waals surface area contributed by atoms with Gasteiger partial charge in [-0.2, -0.15) is 0 Å². The zero-order chi connectivity index (χ0) is 42.5. The molecular formula is C43H72BFN2O8Si2. The minimum Gasteiger partial charge on any atom is -0.543 e. The molecule has 0 aliphatic carbocycles. The van der Waals surface area contributed by atoms with Gasteiger partial charge >= 0.3 is 13.2 Å². The molecule has 57 heavy (non-hydrogen) atoms. The summed E-state index contributed by atoms with van der Waals surface area (Å²) < 4.78 is 54.0. The van der Waals surface area contributed by atoms with E-state index in [9.17, 15) is 9.59 Å². The Kier molecular flexibility index (Phi) is 15.9. The third kappa shape index (κ3) is 12.8. The van der Waals surface area contributed by atoms with Crippen molar-refractivity contribution < 1.29 is 41.9 Å². The number of halogens is 1. The number of fused-ring (bicyclic) bond motifs is 1. The average Bonchev–Trinajstić information content (AvgIpc) is 3.24. The van der Waals surface area contributed by atoms with E-state index in [1.165, 1.54) is 11.0 Å². The number of rotatable bonds is 16. The van der Waals surface area contributed by atoms with Crippen LogP contribution in [0.5, 0.6) is 5.75 Å². The standard InChI is InChI=1S/C43H72BFN2O8Si2/c1-30(2)57(31(3)4,32(5)6)55-34-22-33-17-18-38(45)36(40(33)37(23-34)44-52-27-43(10,11)28-53-44)16-15-19-51-35-24-46(41(49)54-42(7,8)9)26-39(48)47(25-35)29-50-20-21-56(12,13)14/h17-18,22-23,30-32,35H,15-16,19-21,24-29H2,1-14H3/t35-/m0/s1. The topological polar surface area (TPSA) is 96.0 Å². The molecule has 2 aliphatic rings. The second kappa shape index (κ2) is 19.3. The van der Waals surface area contributed by atoms with Crippen LogP contribution in [0.25, 0.3) is 10.8 Å². The lowest BCUT2D eigenvalue weighted by Crippen LogP contribution is -2.51. The van der Waals surface area contributed by atoms with Crippen LogP contribution >= 0.6 is 0 Å².